The van der Waals surface area contributed by atoms with Crippen LogP contribution < -0.4 is 5.73 Å². The van der Waals surface area contributed by atoms with Gasteiger partial charge in [0.25, 0.3) is 0 Å². The van der Waals surface area contributed by atoms with Crippen molar-refractivity contribution in [2.24, 2.45) is 0 Å². The van der Waals surface area contributed by atoms with E-state index in [1.54, 1.807) is 0 Å². The van der Waals surface area contributed by atoms with E-state index in [1.165, 1.54) is 16.9 Å². The number of aryl methyl sites for hydroxylation is 2. The predicted molar refractivity (Wildman–Crippen MR) is 73.7 cm³/mol. The number of hydrogen-bond acceptors (Lipinski definition) is 5. The maximum absolute atomic E-state index is 5.80. The Kier molecular flexibility index (Phi) is 2.41. The van der Waals surface area contributed by atoms with Crippen LogP contribution in [-0.2, 0) is 18.3 Å². The molecule has 18 heavy (non-hydrogen) atoms. The molecule has 0 radical (unpaired) electrons. The van der Waals surface area contributed by atoms with Crippen LogP contribution in [0.2, 0.25) is 0 Å². The molecular weight excluding hydrogens is 244 g/mol. The highest BCUT2D eigenvalue weighted by atomic mass is 32.1. The summed E-state index contributed by atoms with van der Waals surface area (Å²) in [6.45, 7) is 6.37. The minimum atomic E-state index is -0.0388. The molecule has 2 heterocycles. The van der Waals surface area contributed by atoms with Crippen LogP contribution >= 0.6 is 11.3 Å². The molecule has 2 N–H and O–H groups in total. The highest BCUT2D eigenvalue weighted by Crippen LogP contribution is 2.37. The molecule has 3 rings (SSSR count). The fourth-order valence-electron chi connectivity index (χ4n) is 2.13. The molecule has 0 unspecified atom stereocenters. The summed E-state index contributed by atoms with van der Waals surface area (Å²) in [5, 5.41) is 0.628. The lowest BCUT2D eigenvalue weighted by molar-refractivity contribution is 0.544. The van der Waals surface area contributed by atoms with E-state index in [0.717, 1.165) is 34.9 Å². The van der Waals surface area contributed by atoms with Crippen LogP contribution in [0.4, 0.5) is 5.13 Å². The highest BCUT2D eigenvalue weighted by molar-refractivity contribution is 7.18. The average Bonchev–Trinajstić information content (AvgIpc) is 2.68. The number of aromatic nitrogens is 3. The second kappa shape index (κ2) is 3.75. The van der Waals surface area contributed by atoms with Crippen LogP contribution in [0.25, 0.3) is 10.6 Å². The molecule has 0 spiro atoms. The van der Waals surface area contributed by atoms with Crippen LogP contribution in [0.15, 0.2) is 6.20 Å². The number of rotatable bonds is 0. The van der Waals surface area contributed by atoms with Gasteiger partial charge in [0.05, 0.1) is 16.3 Å². The quantitative estimate of drug-likeness (QED) is 0.790. The van der Waals surface area contributed by atoms with Gasteiger partial charge in [0.1, 0.15) is 5.82 Å². The molecule has 0 aromatic carbocycles. The summed E-state index contributed by atoms with van der Waals surface area (Å²) in [7, 11) is 0. The van der Waals surface area contributed by atoms with Gasteiger partial charge in [-0.1, -0.05) is 32.1 Å². The number of nitrogens with zero attached hydrogens (tertiary/aromatic N) is 3. The molecule has 0 saturated carbocycles. The Balaban J connectivity index is 2.19. The molecule has 2 aromatic heterocycles. The first-order valence-corrected chi connectivity index (χ1v) is 6.89. The van der Waals surface area contributed by atoms with Crippen molar-refractivity contribution in [1.29, 1.82) is 0 Å². The minimum Gasteiger partial charge on any atom is -0.375 e. The van der Waals surface area contributed by atoms with Crippen LogP contribution in [0.1, 0.15) is 37.9 Å². The molecule has 5 heteroatoms. The molecule has 94 valence electrons. The number of nitrogens with two attached hydrogens (primary N) is 1. The lowest BCUT2D eigenvalue weighted by Gasteiger charge is -2.20. The number of fused-ring (bicyclic) bond motifs is 3. The van der Waals surface area contributed by atoms with Crippen LogP contribution in [0.3, 0.4) is 0 Å². The second-order valence-corrected chi connectivity index (χ2v) is 6.68. The van der Waals surface area contributed by atoms with E-state index in [1.807, 2.05) is 6.20 Å². The molecule has 0 saturated heterocycles. The third kappa shape index (κ3) is 1.79. The number of nitrogen functional groups attached to an aromatic ring is 1. The van der Waals surface area contributed by atoms with Crippen molar-refractivity contribution in [2.45, 2.75) is 39.0 Å². The van der Waals surface area contributed by atoms with E-state index < -0.39 is 0 Å². The molecule has 0 amide bonds. The average molecular weight is 260 g/mol. The molecule has 2 aromatic rings. The number of thiazole rings is 1. The van der Waals surface area contributed by atoms with E-state index >= 15 is 0 Å². The molecular formula is C13H16N4S. The van der Waals surface area contributed by atoms with Gasteiger partial charge in [-0.3, -0.25) is 0 Å². The molecule has 0 aliphatic heterocycles. The zero-order valence-corrected chi connectivity index (χ0v) is 11.6. The first-order chi connectivity index (χ1) is 8.45. The van der Waals surface area contributed by atoms with Crippen molar-refractivity contribution in [3.63, 3.8) is 0 Å². The summed E-state index contributed by atoms with van der Waals surface area (Å²) in [5.41, 5.74) is 9.09. The van der Waals surface area contributed by atoms with Crippen molar-refractivity contribution >= 4 is 16.5 Å². The van der Waals surface area contributed by atoms with E-state index in [2.05, 4.69) is 30.7 Å². The number of anilines is 1. The fraction of sp³-hybridized carbons (Fsp3) is 0.462. The summed E-state index contributed by atoms with van der Waals surface area (Å²) in [6.07, 6.45) is 3.85. The summed E-state index contributed by atoms with van der Waals surface area (Å²) >= 11 is 1.53. The maximum atomic E-state index is 5.80. The van der Waals surface area contributed by atoms with Gasteiger partial charge in [-0.2, -0.15) is 0 Å². The normalized spacial score (nSPS) is 14.2. The molecule has 0 atom stereocenters. The van der Waals surface area contributed by atoms with E-state index in [9.17, 15) is 0 Å². The van der Waals surface area contributed by atoms with Gasteiger partial charge >= 0.3 is 0 Å². The minimum absolute atomic E-state index is 0.0388. The summed E-state index contributed by atoms with van der Waals surface area (Å²) < 4.78 is 0. The Morgan fingerprint density at radius 2 is 2.00 bits per heavy atom. The Hall–Kier alpha value is -1.49. The number of hydrogen-bond donors (Lipinski definition) is 1. The molecule has 0 bridgehead atoms. The van der Waals surface area contributed by atoms with Gasteiger partial charge in [-0.05, 0) is 18.4 Å². The van der Waals surface area contributed by atoms with Gasteiger partial charge in [0.15, 0.2) is 5.13 Å². The van der Waals surface area contributed by atoms with Crippen molar-refractivity contribution < 1.29 is 0 Å². The SMILES string of the molecule is CC(C)(C)c1ncc2c(n1)-c1sc(N)nc1CC2. The molecule has 4 nitrogen and oxygen atoms in total. The van der Waals surface area contributed by atoms with Gasteiger partial charge < -0.3 is 5.73 Å². The van der Waals surface area contributed by atoms with E-state index in [4.69, 9.17) is 10.7 Å². The zero-order valence-electron chi connectivity index (χ0n) is 10.8. The predicted octanol–water partition coefficient (Wildman–Crippen LogP) is 2.58. The highest BCUT2D eigenvalue weighted by Gasteiger charge is 2.25. The van der Waals surface area contributed by atoms with Crippen LogP contribution in [0, 0.1) is 0 Å². The van der Waals surface area contributed by atoms with Crippen LogP contribution in [0.5, 0.6) is 0 Å². The Bertz CT molecular complexity index is 610. The van der Waals surface area contributed by atoms with Gasteiger partial charge in [-0.15, -0.1) is 0 Å². The summed E-state index contributed by atoms with van der Waals surface area (Å²) in [4.78, 5) is 14.7. The monoisotopic (exact) mass is 260 g/mol. The first kappa shape index (κ1) is 11.6. The van der Waals surface area contributed by atoms with Crippen LogP contribution in [-0.4, -0.2) is 15.0 Å². The van der Waals surface area contributed by atoms with Crippen molar-refractivity contribution in [2.75, 3.05) is 5.73 Å². The Morgan fingerprint density at radius 3 is 2.72 bits per heavy atom. The van der Waals surface area contributed by atoms with Crippen molar-refractivity contribution in [1.82, 2.24) is 15.0 Å². The first-order valence-electron chi connectivity index (χ1n) is 6.07. The summed E-state index contributed by atoms with van der Waals surface area (Å²) in [6, 6.07) is 0. The lowest BCUT2D eigenvalue weighted by Crippen LogP contribution is -2.18. The van der Waals surface area contributed by atoms with E-state index in [-0.39, 0.29) is 5.41 Å². The van der Waals surface area contributed by atoms with Gasteiger partial charge in [-0.25, -0.2) is 15.0 Å². The largest absolute Gasteiger partial charge is 0.375 e. The molecule has 0 fully saturated rings. The Labute approximate surface area is 110 Å². The summed E-state index contributed by atoms with van der Waals surface area (Å²) in [5.74, 6) is 0.876. The fourth-order valence-corrected chi connectivity index (χ4v) is 3.03. The topological polar surface area (TPSA) is 64.7 Å². The third-order valence-corrected chi connectivity index (χ3v) is 4.03. The molecule has 1 aliphatic carbocycles. The van der Waals surface area contributed by atoms with E-state index in [0.29, 0.717) is 5.13 Å². The standard InChI is InChI=1S/C13H16N4S/c1-13(2,3)11-15-6-7-4-5-8-10(9(7)17-11)18-12(14)16-8/h6H,4-5H2,1-3H3,(H2,14,16). The Morgan fingerprint density at radius 1 is 1.22 bits per heavy atom. The van der Waals surface area contributed by atoms with Gasteiger partial charge in [0, 0.05) is 11.6 Å². The third-order valence-electron chi connectivity index (χ3n) is 3.10. The second-order valence-electron chi connectivity index (χ2n) is 5.65. The van der Waals surface area contributed by atoms with Crippen molar-refractivity contribution in [3.05, 3.63) is 23.3 Å². The smallest absolute Gasteiger partial charge is 0.180 e. The molecule has 1 aliphatic rings. The van der Waals surface area contributed by atoms with Gasteiger partial charge in [0.2, 0.25) is 0 Å². The zero-order chi connectivity index (χ0) is 12.9. The van der Waals surface area contributed by atoms with Crippen molar-refractivity contribution in [3.8, 4) is 10.6 Å². The maximum Gasteiger partial charge on any atom is 0.180 e. The lowest BCUT2D eigenvalue weighted by atomic mass is 9.94.